The summed E-state index contributed by atoms with van der Waals surface area (Å²) in [7, 11) is 0. The number of anilines is 2. The van der Waals surface area contributed by atoms with Crippen LogP contribution in [0.4, 0.5) is 11.4 Å². The fraction of sp³-hybridized carbons (Fsp3) is 0.182. The lowest BCUT2D eigenvalue weighted by atomic mass is 10.1. The molecule has 5 rings (SSSR count). The molecule has 150 valence electrons. The zero-order valence-electron chi connectivity index (χ0n) is 16.4. The fourth-order valence-electron chi connectivity index (χ4n) is 3.75. The van der Waals surface area contributed by atoms with Gasteiger partial charge < -0.3 is 10.2 Å². The lowest BCUT2D eigenvalue weighted by molar-refractivity contribution is -0.110. The molecule has 0 unspecified atom stereocenters. The van der Waals surface area contributed by atoms with Crippen molar-refractivity contribution in [2.75, 3.05) is 16.9 Å². The second-order valence-corrected chi connectivity index (χ2v) is 8.39. The standard InChI is InChI=1S/C22H18N4O3S/c1-12-6-7-17-16(8-12)18(20(28)24-17)19-21(29)26-11-25(10-23-22(26)30-19)15-5-3-4-14(9-15)13(2)27/h3-9H,10-11H2,1-2H3,(H,24,28)/b19-18-. The number of nitrogens with one attached hydrogen (secondary N) is 1. The van der Waals surface area contributed by atoms with Crippen LogP contribution in [-0.2, 0) is 11.5 Å². The van der Waals surface area contributed by atoms with Gasteiger partial charge in [-0.2, -0.15) is 0 Å². The third-order valence-electron chi connectivity index (χ3n) is 5.32. The van der Waals surface area contributed by atoms with E-state index in [1.807, 2.05) is 42.2 Å². The molecule has 0 bridgehead atoms. The maximum absolute atomic E-state index is 13.2. The van der Waals surface area contributed by atoms with E-state index in [4.69, 9.17) is 0 Å². The van der Waals surface area contributed by atoms with Gasteiger partial charge in [0.25, 0.3) is 11.5 Å². The zero-order valence-corrected chi connectivity index (χ0v) is 17.2. The summed E-state index contributed by atoms with van der Waals surface area (Å²) in [6.45, 7) is 4.16. The van der Waals surface area contributed by atoms with Gasteiger partial charge in [-0.15, -0.1) is 0 Å². The SMILES string of the molecule is CC(=O)c1cccc(N2CN=c3s/c(=C4\C(=O)Nc5ccc(C)cc54)c(=O)n3C2)c1. The first-order chi connectivity index (χ1) is 14.4. The number of hydrogen-bond acceptors (Lipinski definition) is 6. The molecule has 0 aliphatic carbocycles. The molecule has 0 spiro atoms. The number of amides is 1. The van der Waals surface area contributed by atoms with E-state index in [1.54, 1.807) is 16.7 Å². The van der Waals surface area contributed by atoms with Gasteiger partial charge in [-0.1, -0.05) is 35.1 Å². The number of aryl methyl sites for hydroxylation is 1. The van der Waals surface area contributed by atoms with Gasteiger partial charge in [0.15, 0.2) is 10.6 Å². The summed E-state index contributed by atoms with van der Waals surface area (Å²) in [6, 6.07) is 13.0. The molecule has 8 heteroatoms. The number of ketones is 1. The van der Waals surface area contributed by atoms with Crippen molar-refractivity contribution in [1.29, 1.82) is 0 Å². The van der Waals surface area contributed by atoms with Crippen molar-refractivity contribution in [3.05, 3.63) is 78.8 Å². The van der Waals surface area contributed by atoms with Gasteiger partial charge in [0.2, 0.25) is 0 Å². The number of benzene rings is 2. The molecule has 0 fully saturated rings. The van der Waals surface area contributed by atoms with E-state index in [0.29, 0.717) is 33.8 Å². The number of aromatic nitrogens is 1. The minimum Gasteiger partial charge on any atom is -0.334 e. The monoisotopic (exact) mass is 418 g/mol. The Labute approximate surface area is 175 Å². The van der Waals surface area contributed by atoms with Crippen LogP contribution in [0.5, 0.6) is 0 Å². The number of carbonyl (C=O) groups excluding carboxylic acids is 2. The zero-order chi connectivity index (χ0) is 21.0. The maximum atomic E-state index is 13.2. The Balaban J connectivity index is 1.62. The summed E-state index contributed by atoms with van der Waals surface area (Å²) in [5.74, 6) is -0.281. The molecule has 1 amide bonds. The topological polar surface area (TPSA) is 83.8 Å². The van der Waals surface area contributed by atoms with Crippen molar-refractivity contribution in [3.8, 4) is 0 Å². The largest absolute Gasteiger partial charge is 0.334 e. The molecule has 1 aromatic heterocycles. The molecule has 2 aliphatic rings. The number of hydrogen-bond donors (Lipinski definition) is 1. The summed E-state index contributed by atoms with van der Waals surface area (Å²) >= 11 is 1.24. The summed E-state index contributed by atoms with van der Waals surface area (Å²) in [5, 5.41) is 2.84. The highest BCUT2D eigenvalue weighted by Gasteiger charge is 2.28. The van der Waals surface area contributed by atoms with E-state index >= 15 is 0 Å². The first-order valence-corrected chi connectivity index (χ1v) is 10.3. The number of fused-ring (bicyclic) bond motifs is 2. The Morgan fingerprint density at radius 3 is 2.80 bits per heavy atom. The first-order valence-electron chi connectivity index (χ1n) is 9.49. The van der Waals surface area contributed by atoms with E-state index in [1.165, 1.54) is 18.3 Å². The highest BCUT2D eigenvalue weighted by molar-refractivity contribution is 7.07. The minimum atomic E-state index is -0.266. The van der Waals surface area contributed by atoms with E-state index in [9.17, 15) is 14.4 Å². The Hall–Kier alpha value is -3.52. The Kier molecular flexibility index (Phi) is 4.18. The molecule has 3 heterocycles. The maximum Gasteiger partial charge on any atom is 0.272 e. The second-order valence-electron chi connectivity index (χ2n) is 7.41. The number of rotatable bonds is 2. The second kappa shape index (κ2) is 6.77. The number of Topliss-reactive ketones (excluding diaryl/α,β-unsaturated/α-hetero) is 1. The summed E-state index contributed by atoms with van der Waals surface area (Å²) in [6.07, 6.45) is 0. The minimum absolute atomic E-state index is 0.0147. The average molecular weight is 418 g/mol. The number of carbonyl (C=O) groups is 2. The van der Waals surface area contributed by atoms with Gasteiger partial charge in [0.1, 0.15) is 17.9 Å². The lowest BCUT2D eigenvalue weighted by Crippen LogP contribution is -2.43. The highest BCUT2D eigenvalue weighted by atomic mass is 32.1. The summed E-state index contributed by atoms with van der Waals surface area (Å²) in [5.41, 5.74) is 4.10. The molecule has 30 heavy (non-hydrogen) atoms. The van der Waals surface area contributed by atoms with E-state index in [-0.39, 0.29) is 17.2 Å². The third kappa shape index (κ3) is 2.88. The first kappa shape index (κ1) is 18.5. The quantitative estimate of drug-likeness (QED) is 0.641. The molecule has 0 atom stereocenters. The van der Waals surface area contributed by atoms with Crippen molar-refractivity contribution in [2.45, 2.75) is 20.5 Å². The predicted octanol–water partition coefficient (Wildman–Crippen LogP) is 1.63. The summed E-state index contributed by atoms with van der Waals surface area (Å²) < 4.78 is 1.98. The number of nitrogens with zero attached hydrogens (tertiary/aromatic N) is 3. The molecule has 0 saturated carbocycles. The van der Waals surface area contributed by atoms with Crippen LogP contribution in [0.25, 0.3) is 5.57 Å². The molecule has 1 N–H and O–H groups in total. The smallest absolute Gasteiger partial charge is 0.272 e. The van der Waals surface area contributed by atoms with Gasteiger partial charge in [0, 0.05) is 22.5 Å². The van der Waals surface area contributed by atoms with Crippen molar-refractivity contribution in [2.24, 2.45) is 4.99 Å². The van der Waals surface area contributed by atoms with Crippen molar-refractivity contribution in [3.63, 3.8) is 0 Å². The van der Waals surface area contributed by atoms with E-state index in [0.717, 1.165) is 22.5 Å². The van der Waals surface area contributed by atoms with Crippen LogP contribution in [-0.4, -0.2) is 22.9 Å². The molecule has 7 nitrogen and oxygen atoms in total. The Bertz CT molecular complexity index is 1420. The Morgan fingerprint density at radius 1 is 1.17 bits per heavy atom. The molecule has 3 aromatic rings. The van der Waals surface area contributed by atoms with Gasteiger partial charge in [-0.25, -0.2) is 4.99 Å². The van der Waals surface area contributed by atoms with E-state index < -0.39 is 0 Å². The van der Waals surface area contributed by atoms with Crippen molar-refractivity contribution in [1.82, 2.24) is 4.57 Å². The van der Waals surface area contributed by atoms with E-state index in [2.05, 4.69) is 10.3 Å². The molecule has 0 radical (unpaired) electrons. The van der Waals surface area contributed by atoms with Crippen molar-refractivity contribution < 1.29 is 9.59 Å². The van der Waals surface area contributed by atoms with Crippen LogP contribution >= 0.6 is 11.3 Å². The third-order valence-corrected chi connectivity index (χ3v) is 6.43. The summed E-state index contributed by atoms with van der Waals surface area (Å²) in [4.78, 5) is 44.6. The molecular weight excluding hydrogens is 400 g/mol. The van der Waals surface area contributed by atoms with Crippen LogP contribution in [0.3, 0.4) is 0 Å². The normalized spacial score (nSPS) is 16.6. The Morgan fingerprint density at radius 2 is 2.00 bits per heavy atom. The van der Waals surface area contributed by atoms with Gasteiger partial charge in [-0.3, -0.25) is 19.0 Å². The fourth-order valence-corrected chi connectivity index (χ4v) is 4.81. The van der Waals surface area contributed by atoms with Crippen LogP contribution in [0.1, 0.15) is 28.4 Å². The molecular formula is C22H18N4O3S. The predicted molar refractivity (Wildman–Crippen MR) is 115 cm³/mol. The van der Waals surface area contributed by atoms with Gasteiger partial charge >= 0.3 is 0 Å². The molecule has 0 saturated heterocycles. The van der Waals surface area contributed by atoms with Gasteiger partial charge in [-0.05, 0) is 38.1 Å². The van der Waals surface area contributed by atoms with Crippen LogP contribution in [0, 0.1) is 6.92 Å². The van der Waals surface area contributed by atoms with Crippen molar-refractivity contribution >= 4 is 40.0 Å². The average Bonchev–Trinajstić information content (AvgIpc) is 3.23. The van der Waals surface area contributed by atoms with Crippen LogP contribution in [0.15, 0.2) is 52.3 Å². The van der Waals surface area contributed by atoms with Gasteiger partial charge in [0.05, 0.1) is 5.57 Å². The lowest BCUT2D eigenvalue weighted by Gasteiger charge is -2.25. The molecule has 2 aliphatic heterocycles. The highest BCUT2D eigenvalue weighted by Crippen LogP contribution is 2.30. The number of thiazole rings is 1. The van der Waals surface area contributed by atoms with Crippen LogP contribution < -0.4 is 25.1 Å². The van der Waals surface area contributed by atoms with Crippen LogP contribution in [0.2, 0.25) is 0 Å². The molecule has 2 aromatic carbocycles.